The summed E-state index contributed by atoms with van der Waals surface area (Å²) in [5.41, 5.74) is 8.99. The Hall–Kier alpha value is -2.03. The first-order valence-corrected chi connectivity index (χ1v) is 12.2. The third-order valence-corrected chi connectivity index (χ3v) is 6.70. The molecule has 0 unspecified atom stereocenters. The number of rotatable bonds is 13. The SMILES string of the molecule is Cc1cc(C)n2c1C=C1C=CC(CCCCCCCCC/C=C/[C@@H](O)[C@@H](N)CO)=[N+]1[B-]2(F)F. The Bertz CT molecular complexity index is 950. The third-order valence-electron chi connectivity index (χ3n) is 6.70. The molecule has 2 aliphatic heterocycles. The maximum absolute atomic E-state index is 15.4. The van der Waals surface area contributed by atoms with Gasteiger partial charge in [0.2, 0.25) is 0 Å². The average Bonchev–Trinajstić information content (AvgIpc) is 3.32. The van der Waals surface area contributed by atoms with Gasteiger partial charge in [-0.1, -0.05) is 44.3 Å². The number of nitrogens with zero attached hydrogens (tertiary/aromatic N) is 2. The summed E-state index contributed by atoms with van der Waals surface area (Å²) in [5, 5.41) is 18.5. The van der Waals surface area contributed by atoms with Gasteiger partial charge in [-0.2, -0.15) is 0 Å². The summed E-state index contributed by atoms with van der Waals surface area (Å²) in [6.07, 6.45) is 17.5. The van der Waals surface area contributed by atoms with E-state index < -0.39 is 19.1 Å². The molecule has 5 nitrogen and oxygen atoms in total. The molecule has 0 aromatic carbocycles. The quantitative estimate of drug-likeness (QED) is 0.231. The van der Waals surface area contributed by atoms with Crippen LogP contribution < -0.4 is 5.73 Å². The minimum absolute atomic E-state index is 0.228. The molecule has 0 radical (unpaired) electrons. The summed E-state index contributed by atoms with van der Waals surface area (Å²) in [6.45, 7) is -0.445. The highest BCUT2D eigenvalue weighted by molar-refractivity contribution is 6.58. The topological polar surface area (TPSA) is 74.4 Å². The predicted octanol–water partition coefficient (Wildman–Crippen LogP) is 4.45. The molecule has 4 N–H and O–H groups in total. The highest BCUT2D eigenvalue weighted by atomic mass is 19.2. The Balaban J connectivity index is 1.37. The van der Waals surface area contributed by atoms with E-state index in [0.29, 0.717) is 23.5 Å². The van der Waals surface area contributed by atoms with Crippen LogP contribution in [0, 0.1) is 13.8 Å². The van der Waals surface area contributed by atoms with E-state index in [1.54, 1.807) is 13.0 Å². The van der Waals surface area contributed by atoms with Crippen LogP contribution in [0.2, 0.25) is 0 Å². The number of allylic oxidation sites excluding steroid dienone is 3. The number of hydrogen-bond donors (Lipinski definition) is 3. The summed E-state index contributed by atoms with van der Waals surface area (Å²) in [4.78, 5) is 0. The Morgan fingerprint density at radius 1 is 1.09 bits per heavy atom. The Kier molecular flexibility index (Phi) is 8.85. The van der Waals surface area contributed by atoms with Crippen LogP contribution in [0.3, 0.4) is 0 Å². The molecule has 33 heavy (non-hydrogen) atoms. The van der Waals surface area contributed by atoms with Gasteiger partial charge in [0.15, 0.2) is 5.70 Å². The zero-order chi connectivity index (χ0) is 24.0. The van der Waals surface area contributed by atoms with Crippen molar-refractivity contribution in [1.82, 2.24) is 4.48 Å². The van der Waals surface area contributed by atoms with Crippen LogP contribution in [0.4, 0.5) is 8.63 Å². The van der Waals surface area contributed by atoms with Gasteiger partial charge in [-0.15, -0.1) is 0 Å². The molecule has 0 aliphatic carbocycles. The maximum atomic E-state index is 15.4. The summed E-state index contributed by atoms with van der Waals surface area (Å²) in [7, 11) is 0. The number of halogens is 2. The molecular weight excluding hydrogens is 423 g/mol. The van der Waals surface area contributed by atoms with Crippen molar-refractivity contribution in [3.63, 3.8) is 0 Å². The van der Waals surface area contributed by atoms with Crippen LogP contribution in [0.15, 0.2) is 36.1 Å². The van der Waals surface area contributed by atoms with Crippen molar-refractivity contribution in [1.29, 1.82) is 0 Å². The maximum Gasteiger partial charge on any atom is 0.737 e. The predicted molar refractivity (Wildman–Crippen MR) is 131 cm³/mol. The van der Waals surface area contributed by atoms with Crippen LogP contribution in [-0.2, 0) is 0 Å². The highest BCUT2D eigenvalue weighted by Gasteiger charge is 2.52. The molecule has 0 bridgehead atoms. The monoisotopic (exact) mass is 461 g/mol. The lowest BCUT2D eigenvalue weighted by molar-refractivity contribution is -0.362. The average molecular weight is 461 g/mol. The number of nitrogens with two attached hydrogens (primary N) is 1. The molecule has 0 saturated heterocycles. The zero-order valence-corrected chi connectivity index (χ0v) is 19.9. The lowest BCUT2D eigenvalue weighted by atomic mass is 9.90. The van der Waals surface area contributed by atoms with Gasteiger partial charge in [-0.25, -0.2) is 0 Å². The van der Waals surface area contributed by atoms with Crippen molar-refractivity contribution in [2.24, 2.45) is 5.73 Å². The van der Waals surface area contributed by atoms with Gasteiger partial charge < -0.3 is 33.5 Å². The van der Waals surface area contributed by atoms with Crippen molar-refractivity contribution in [2.45, 2.75) is 83.8 Å². The number of hydrogen-bond acceptors (Lipinski definition) is 3. The van der Waals surface area contributed by atoms with E-state index in [1.807, 2.05) is 37.3 Å². The molecule has 8 heteroatoms. The van der Waals surface area contributed by atoms with E-state index in [1.165, 1.54) is 8.96 Å². The van der Waals surface area contributed by atoms with Gasteiger partial charge in [-0.3, -0.25) is 0 Å². The second kappa shape index (κ2) is 11.4. The van der Waals surface area contributed by atoms with Gasteiger partial charge >= 0.3 is 6.97 Å². The number of aryl methyl sites for hydroxylation is 2. The second-order valence-corrected chi connectivity index (χ2v) is 9.35. The molecule has 0 fully saturated rings. The highest BCUT2D eigenvalue weighted by Crippen LogP contribution is 2.34. The van der Waals surface area contributed by atoms with E-state index in [-0.39, 0.29) is 6.61 Å². The Morgan fingerprint density at radius 2 is 1.76 bits per heavy atom. The molecule has 182 valence electrons. The first kappa shape index (κ1) is 25.6. The lowest BCUT2D eigenvalue weighted by Gasteiger charge is -2.30. The molecule has 0 amide bonds. The smallest absolute Gasteiger partial charge is 0.395 e. The number of fused-ring (bicyclic) bond motifs is 2. The molecular formula is C25H38BF2N3O2. The zero-order valence-electron chi connectivity index (χ0n) is 19.9. The van der Waals surface area contributed by atoms with E-state index >= 15 is 8.63 Å². The van der Waals surface area contributed by atoms with Gasteiger partial charge in [-0.05, 0) is 50.4 Å². The van der Waals surface area contributed by atoms with Crippen LogP contribution in [-0.4, -0.2) is 50.6 Å². The fraction of sp³-hybridized carbons (Fsp3) is 0.560. The molecule has 2 atom stereocenters. The van der Waals surface area contributed by atoms with Gasteiger partial charge in [0.1, 0.15) is 5.71 Å². The fourth-order valence-electron chi connectivity index (χ4n) is 4.83. The van der Waals surface area contributed by atoms with E-state index in [2.05, 4.69) is 0 Å². The van der Waals surface area contributed by atoms with Gasteiger partial charge in [0.25, 0.3) is 0 Å². The van der Waals surface area contributed by atoms with Crippen molar-refractivity contribution < 1.29 is 23.3 Å². The molecule has 1 aromatic rings. The summed E-state index contributed by atoms with van der Waals surface area (Å²) in [5.74, 6) is 0. The standard InChI is InChI=1S/C25H38BF2N3O2/c1-19-16-20(2)30-24(19)17-22-15-14-21(31(22)26(30,27)28)12-10-8-6-4-3-5-7-9-11-13-25(33)23(29)18-32/h11,13-17,23,25,32-33H,3-10,12,18,29H2,1-2H3/b13-11+/t23-,25+/m0/s1. The van der Waals surface area contributed by atoms with Crippen molar-refractivity contribution >= 4 is 18.8 Å². The van der Waals surface area contributed by atoms with E-state index in [0.717, 1.165) is 62.6 Å². The first-order chi connectivity index (χ1) is 15.8. The molecule has 2 aliphatic rings. The number of aliphatic hydroxyl groups excluding tert-OH is 2. The Labute approximate surface area is 196 Å². The number of aromatic nitrogens is 1. The largest absolute Gasteiger partial charge is 0.737 e. The minimum atomic E-state index is -3.85. The molecule has 1 aromatic heterocycles. The normalized spacial score (nSPS) is 18.6. The van der Waals surface area contributed by atoms with Crippen LogP contribution in [0.1, 0.15) is 74.7 Å². The third kappa shape index (κ3) is 5.92. The fourth-order valence-corrected chi connectivity index (χ4v) is 4.83. The lowest BCUT2D eigenvalue weighted by Crippen LogP contribution is -2.50. The molecule has 3 rings (SSSR count). The van der Waals surface area contributed by atoms with E-state index in [9.17, 15) is 5.11 Å². The first-order valence-electron chi connectivity index (χ1n) is 12.2. The minimum Gasteiger partial charge on any atom is -0.395 e. The van der Waals surface area contributed by atoms with Gasteiger partial charge in [0, 0.05) is 30.3 Å². The van der Waals surface area contributed by atoms with Crippen molar-refractivity contribution in [3.05, 3.63) is 53.0 Å². The molecule has 3 heterocycles. The van der Waals surface area contributed by atoms with Crippen LogP contribution >= 0.6 is 0 Å². The second-order valence-electron chi connectivity index (χ2n) is 9.35. The Morgan fingerprint density at radius 3 is 2.45 bits per heavy atom. The summed E-state index contributed by atoms with van der Waals surface area (Å²) < 4.78 is 33.3. The molecule has 0 saturated carbocycles. The van der Waals surface area contributed by atoms with E-state index in [4.69, 9.17) is 10.8 Å². The number of aliphatic hydroxyl groups is 2. The van der Waals surface area contributed by atoms with Crippen LogP contribution in [0.25, 0.3) is 6.08 Å². The summed E-state index contributed by atoms with van der Waals surface area (Å²) in [6, 6.07) is 1.21. The van der Waals surface area contributed by atoms with Crippen LogP contribution in [0.5, 0.6) is 0 Å². The van der Waals surface area contributed by atoms with Gasteiger partial charge in [0.05, 0.1) is 18.8 Å². The van der Waals surface area contributed by atoms with Crippen molar-refractivity contribution in [3.8, 4) is 0 Å². The molecule has 0 spiro atoms. The summed E-state index contributed by atoms with van der Waals surface area (Å²) >= 11 is 0. The van der Waals surface area contributed by atoms with Crippen molar-refractivity contribution in [2.75, 3.05) is 6.61 Å². The number of unbranched alkanes of at least 4 members (excludes halogenated alkanes) is 7.